The molecule has 3 N–H and O–H groups in total. The second-order valence-corrected chi connectivity index (χ2v) is 7.67. The summed E-state index contributed by atoms with van der Waals surface area (Å²) in [5.74, 6) is 7.10. The molecule has 150 valence electrons. The fraction of sp³-hybridized carbons (Fsp3) is 0.444. The highest BCUT2D eigenvalue weighted by Gasteiger charge is 2.22. The zero-order chi connectivity index (χ0) is 20.3. The van der Waals surface area contributed by atoms with Gasteiger partial charge < -0.3 is 20.6 Å². The number of nitrogens with one attached hydrogen (secondary N) is 1. The molecule has 3 rings (SSSR count). The molecule has 28 heavy (non-hydrogen) atoms. The summed E-state index contributed by atoms with van der Waals surface area (Å²) in [4.78, 5) is 24.3. The van der Waals surface area contributed by atoms with Crippen molar-refractivity contribution in [3.05, 3.63) is 39.8 Å². The van der Waals surface area contributed by atoms with E-state index in [-0.39, 0.29) is 34.5 Å². The van der Waals surface area contributed by atoms with Gasteiger partial charge >= 0.3 is 0 Å². The summed E-state index contributed by atoms with van der Waals surface area (Å²) in [5, 5.41) is 10.8. The van der Waals surface area contributed by atoms with Crippen LogP contribution in [0.5, 0.6) is 11.5 Å². The van der Waals surface area contributed by atoms with Crippen LogP contribution in [-0.2, 0) is 4.79 Å². The molecular formula is C18H23N5O4S. The van der Waals surface area contributed by atoms with Gasteiger partial charge in [-0.3, -0.25) is 9.59 Å². The summed E-state index contributed by atoms with van der Waals surface area (Å²) in [6.45, 7) is 6.61. The lowest BCUT2D eigenvalue weighted by molar-refractivity contribution is -0.119. The number of benzene rings is 1. The van der Waals surface area contributed by atoms with E-state index in [2.05, 4.69) is 15.5 Å². The molecule has 1 aliphatic rings. The molecule has 1 amide bonds. The molecule has 0 fully saturated rings. The van der Waals surface area contributed by atoms with Gasteiger partial charge in [0.1, 0.15) is 18.9 Å². The second kappa shape index (κ2) is 8.51. The van der Waals surface area contributed by atoms with Gasteiger partial charge in [-0.25, -0.2) is 0 Å². The Labute approximate surface area is 166 Å². The highest BCUT2D eigenvalue weighted by Crippen LogP contribution is 2.34. The number of hydrogen-bond donors (Lipinski definition) is 2. The minimum Gasteiger partial charge on any atom is -0.486 e. The van der Waals surface area contributed by atoms with Crippen LogP contribution in [0.1, 0.15) is 31.1 Å². The normalized spacial score (nSPS) is 14.0. The first-order valence-corrected chi connectivity index (χ1v) is 9.88. The number of rotatable bonds is 6. The van der Waals surface area contributed by atoms with Crippen molar-refractivity contribution in [1.29, 1.82) is 0 Å². The Morgan fingerprint density at radius 3 is 2.71 bits per heavy atom. The van der Waals surface area contributed by atoms with Gasteiger partial charge in [0.05, 0.1) is 11.8 Å². The number of hydrogen-bond acceptors (Lipinski definition) is 8. The first kappa shape index (κ1) is 20.0. The van der Waals surface area contributed by atoms with E-state index >= 15 is 0 Å². The van der Waals surface area contributed by atoms with Crippen LogP contribution in [0.3, 0.4) is 0 Å². The van der Waals surface area contributed by atoms with E-state index in [1.807, 2.05) is 32.0 Å². The summed E-state index contributed by atoms with van der Waals surface area (Å²) in [7, 11) is 0. The first-order valence-electron chi connectivity index (χ1n) is 8.90. The van der Waals surface area contributed by atoms with Crippen LogP contribution >= 0.6 is 11.8 Å². The second-order valence-electron chi connectivity index (χ2n) is 6.72. The molecule has 2 heterocycles. The number of nitrogens with zero attached hydrogens (tertiary/aromatic N) is 3. The van der Waals surface area contributed by atoms with Crippen molar-refractivity contribution in [2.75, 3.05) is 24.8 Å². The van der Waals surface area contributed by atoms with E-state index in [1.54, 1.807) is 0 Å². The molecule has 0 bridgehead atoms. The summed E-state index contributed by atoms with van der Waals surface area (Å²) in [5.41, 5.74) is 0.701. The van der Waals surface area contributed by atoms with Gasteiger partial charge in [-0.15, -0.1) is 10.2 Å². The highest BCUT2D eigenvalue weighted by atomic mass is 32.2. The maximum absolute atomic E-state index is 12.5. The van der Waals surface area contributed by atoms with E-state index in [0.717, 1.165) is 22.0 Å². The van der Waals surface area contributed by atoms with Crippen molar-refractivity contribution in [1.82, 2.24) is 20.2 Å². The zero-order valence-corrected chi connectivity index (χ0v) is 16.8. The largest absolute Gasteiger partial charge is 0.486 e. The summed E-state index contributed by atoms with van der Waals surface area (Å²) in [6, 6.07) is 5.48. The molecule has 0 unspecified atom stereocenters. The molecule has 0 aliphatic carbocycles. The van der Waals surface area contributed by atoms with Crippen molar-refractivity contribution in [2.45, 2.75) is 32.0 Å². The SMILES string of the molecule is Cc1nnc(SCC(=O)N[C@@H](c2ccc3c(c2)OCCO3)C(C)C)n(N)c1=O. The number of amides is 1. The van der Waals surface area contributed by atoms with Crippen LogP contribution in [0.4, 0.5) is 0 Å². The highest BCUT2D eigenvalue weighted by molar-refractivity contribution is 7.99. The predicted molar refractivity (Wildman–Crippen MR) is 105 cm³/mol. The van der Waals surface area contributed by atoms with Crippen LogP contribution in [0.2, 0.25) is 0 Å². The Kier molecular flexibility index (Phi) is 6.08. The lowest BCUT2D eigenvalue weighted by Gasteiger charge is -2.25. The topological polar surface area (TPSA) is 121 Å². The van der Waals surface area contributed by atoms with Crippen molar-refractivity contribution in [3.8, 4) is 11.5 Å². The Morgan fingerprint density at radius 1 is 1.29 bits per heavy atom. The molecule has 0 saturated heterocycles. The van der Waals surface area contributed by atoms with E-state index < -0.39 is 5.56 Å². The van der Waals surface area contributed by atoms with E-state index in [1.165, 1.54) is 6.92 Å². The number of fused-ring (bicyclic) bond motifs is 1. The van der Waals surface area contributed by atoms with Gasteiger partial charge in [0.2, 0.25) is 11.1 Å². The van der Waals surface area contributed by atoms with E-state index in [9.17, 15) is 9.59 Å². The Morgan fingerprint density at radius 2 is 2.00 bits per heavy atom. The molecule has 9 nitrogen and oxygen atoms in total. The molecule has 0 saturated carbocycles. The number of carbonyl (C=O) groups is 1. The average molecular weight is 405 g/mol. The lowest BCUT2D eigenvalue weighted by atomic mass is 9.95. The number of aromatic nitrogens is 3. The molecule has 0 radical (unpaired) electrons. The van der Waals surface area contributed by atoms with E-state index in [0.29, 0.717) is 24.7 Å². The number of thioether (sulfide) groups is 1. The van der Waals surface area contributed by atoms with Crippen molar-refractivity contribution in [3.63, 3.8) is 0 Å². The number of carbonyl (C=O) groups excluding carboxylic acids is 1. The molecule has 1 atom stereocenters. The number of aryl methyl sites for hydroxylation is 1. The third-order valence-corrected chi connectivity index (χ3v) is 5.20. The summed E-state index contributed by atoms with van der Waals surface area (Å²) in [6.07, 6.45) is 0. The summed E-state index contributed by atoms with van der Waals surface area (Å²) >= 11 is 1.06. The maximum Gasteiger partial charge on any atom is 0.294 e. The molecule has 10 heteroatoms. The van der Waals surface area contributed by atoms with Crippen molar-refractivity contribution >= 4 is 17.7 Å². The van der Waals surface area contributed by atoms with Crippen LogP contribution in [0.25, 0.3) is 0 Å². The van der Waals surface area contributed by atoms with Crippen LogP contribution in [-0.4, -0.2) is 39.7 Å². The molecule has 0 spiro atoms. The Hall–Kier alpha value is -2.75. The third-order valence-electron chi connectivity index (χ3n) is 4.26. The molecule has 2 aromatic rings. The number of nitrogen functional groups attached to an aromatic ring is 1. The van der Waals surface area contributed by atoms with Gasteiger partial charge in [0, 0.05) is 0 Å². The quantitative estimate of drug-likeness (QED) is 0.540. The van der Waals surface area contributed by atoms with Gasteiger partial charge in [-0.1, -0.05) is 31.7 Å². The number of nitrogens with two attached hydrogens (primary N) is 1. The summed E-state index contributed by atoms with van der Waals surface area (Å²) < 4.78 is 12.1. The zero-order valence-electron chi connectivity index (χ0n) is 16.0. The fourth-order valence-electron chi connectivity index (χ4n) is 2.80. The third kappa shape index (κ3) is 4.38. The molecule has 1 aromatic heterocycles. The Bertz CT molecular complexity index is 931. The van der Waals surface area contributed by atoms with Crippen LogP contribution in [0.15, 0.2) is 28.2 Å². The van der Waals surface area contributed by atoms with Crippen LogP contribution in [0, 0.1) is 12.8 Å². The Balaban J connectivity index is 1.68. The van der Waals surface area contributed by atoms with Gasteiger partial charge in [0.25, 0.3) is 5.56 Å². The number of ether oxygens (including phenoxy) is 2. The maximum atomic E-state index is 12.5. The molecule has 1 aromatic carbocycles. The van der Waals surface area contributed by atoms with Gasteiger partial charge in [-0.2, -0.15) is 4.68 Å². The minimum absolute atomic E-state index is 0.0577. The van der Waals surface area contributed by atoms with E-state index in [4.69, 9.17) is 15.3 Å². The minimum atomic E-state index is -0.436. The average Bonchev–Trinajstić information content (AvgIpc) is 2.69. The predicted octanol–water partition coefficient (Wildman–Crippen LogP) is 1.04. The molecular weight excluding hydrogens is 382 g/mol. The van der Waals surface area contributed by atoms with Crippen molar-refractivity contribution in [2.24, 2.45) is 5.92 Å². The standard InChI is InChI=1S/C18H23N5O4S/c1-10(2)16(12-4-5-13-14(8-12)27-7-6-26-13)20-15(24)9-28-18-22-21-11(3)17(25)23(18)19/h4-5,8,10,16H,6-7,9,19H2,1-3H3,(H,20,24)/t16-/m1/s1. The lowest BCUT2D eigenvalue weighted by Crippen LogP contribution is -2.35. The van der Waals surface area contributed by atoms with Crippen LogP contribution < -0.4 is 26.2 Å². The first-order chi connectivity index (χ1) is 13.4. The monoisotopic (exact) mass is 405 g/mol. The van der Waals surface area contributed by atoms with Crippen molar-refractivity contribution < 1.29 is 14.3 Å². The van der Waals surface area contributed by atoms with Gasteiger partial charge in [0.15, 0.2) is 11.5 Å². The van der Waals surface area contributed by atoms with Gasteiger partial charge in [-0.05, 0) is 30.5 Å². The molecule has 1 aliphatic heterocycles. The smallest absolute Gasteiger partial charge is 0.294 e. The fourth-order valence-corrected chi connectivity index (χ4v) is 3.47.